The van der Waals surface area contributed by atoms with Gasteiger partial charge in [-0.1, -0.05) is 55.5 Å². The van der Waals surface area contributed by atoms with Crippen LogP contribution in [-0.2, 0) is 6.42 Å². The van der Waals surface area contributed by atoms with E-state index < -0.39 is 8.15 Å². The summed E-state index contributed by atoms with van der Waals surface area (Å²) in [4.78, 5) is 10.3. The molecule has 0 saturated carbocycles. The highest BCUT2D eigenvalue weighted by molar-refractivity contribution is 7.67. The first-order valence-electron chi connectivity index (χ1n) is 5.44. The van der Waals surface area contributed by atoms with Crippen molar-refractivity contribution in [1.29, 1.82) is 0 Å². The standard InChI is InChI=1S/C14H15OP.BH3/c1-2-12-7-6-10-14(11-12)16(15)13-8-4-3-5-9-13;/h3-11,15H,2H2,1H3;1H3. The van der Waals surface area contributed by atoms with Crippen LogP contribution in [0.3, 0.4) is 0 Å². The molecule has 0 amide bonds. The van der Waals surface area contributed by atoms with Crippen LogP contribution in [0.15, 0.2) is 54.6 Å². The van der Waals surface area contributed by atoms with Gasteiger partial charge >= 0.3 is 0 Å². The molecular weight excluding hydrogens is 226 g/mol. The number of hydrogen-bond donors (Lipinski definition) is 1. The average molecular weight is 244 g/mol. The zero-order valence-corrected chi connectivity index (χ0v) is 10.2. The van der Waals surface area contributed by atoms with Gasteiger partial charge in [0.1, 0.15) is 0 Å². The van der Waals surface area contributed by atoms with Crippen LogP contribution in [0.4, 0.5) is 0 Å². The van der Waals surface area contributed by atoms with E-state index in [-0.39, 0.29) is 8.41 Å². The fourth-order valence-electron chi connectivity index (χ4n) is 1.63. The topological polar surface area (TPSA) is 20.2 Å². The van der Waals surface area contributed by atoms with Crippen molar-refractivity contribution >= 4 is 27.2 Å². The molecular formula is C14H18BOP. The highest BCUT2D eigenvalue weighted by atomic mass is 31.1. The van der Waals surface area contributed by atoms with Gasteiger partial charge in [0.05, 0.1) is 16.6 Å². The van der Waals surface area contributed by atoms with E-state index in [1.807, 2.05) is 42.5 Å². The second-order valence-electron chi connectivity index (χ2n) is 3.67. The van der Waals surface area contributed by atoms with E-state index in [4.69, 9.17) is 0 Å². The monoisotopic (exact) mass is 244 g/mol. The number of benzene rings is 2. The van der Waals surface area contributed by atoms with Crippen molar-refractivity contribution in [2.24, 2.45) is 0 Å². The van der Waals surface area contributed by atoms with E-state index in [2.05, 4.69) is 19.1 Å². The number of rotatable bonds is 3. The molecule has 0 bridgehead atoms. The van der Waals surface area contributed by atoms with E-state index in [9.17, 15) is 4.89 Å². The minimum atomic E-state index is -1.19. The van der Waals surface area contributed by atoms with Gasteiger partial charge in [-0.25, -0.2) is 0 Å². The fourth-order valence-corrected chi connectivity index (χ4v) is 2.89. The molecule has 0 saturated heterocycles. The maximum Gasteiger partial charge on any atom is 0.0877 e. The van der Waals surface area contributed by atoms with Gasteiger partial charge in [0, 0.05) is 10.6 Å². The van der Waals surface area contributed by atoms with Gasteiger partial charge in [0.25, 0.3) is 0 Å². The molecule has 1 N–H and O–H groups in total. The van der Waals surface area contributed by atoms with Gasteiger partial charge in [-0.15, -0.1) is 0 Å². The van der Waals surface area contributed by atoms with Crippen molar-refractivity contribution in [2.45, 2.75) is 13.3 Å². The molecule has 0 radical (unpaired) electrons. The van der Waals surface area contributed by atoms with E-state index in [1.165, 1.54) is 5.56 Å². The quantitative estimate of drug-likeness (QED) is 0.639. The fraction of sp³-hybridized carbons (Fsp3) is 0.143. The molecule has 0 spiro atoms. The molecule has 1 nitrogen and oxygen atoms in total. The van der Waals surface area contributed by atoms with Gasteiger partial charge in [-0.05, 0) is 18.1 Å². The Labute approximate surface area is 106 Å². The van der Waals surface area contributed by atoms with E-state index >= 15 is 0 Å². The zero-order valence-electron chi connectivity index (χ0n) is 9.30. The zero-order chi connectivity index (χ0) is 11.4. The molecule has 0 aromatic heterocycles. The van der Waals surface area contributed by atoms with Crippen LogP contribution in [0, 0.1) is 0 Å². The third-order valence-electron chi connectivity index (χ3n) is 2.56. The highest BCUT2D eigenvalue weighted by Gasteiger charge is 2.09. The Bertz CT molecular complexity index is 459. The largest absolute Gasteiger partial charge is 0.364 e. The van der Waals surface area contributed by atoms with Crippen molar-refractivity contribution in [2.75, 3.05) is 0 Å². The maximum atomic E-state index is 10.3. The molecule has 0 fully saturated rings. The Morgan fingerprint density at radius 1 is 0.941 bits per heavy atom. The van der Waals surface area contributed by atoms with Crippen molar-refractivity contribution in [3.05, 3.63) is 60.2 Å². The summed E-state index contributed by atoms with van der Waals surface area (Å²) in [5.41, 5.74) is 1.27. The molecule has 1 unspecified atom stereocenters. The van der Waals surface area contributed by atoms with Crippen molar-refractivity contribution in [3.8, 4) is 0 Å². The number of hydrogen-bond acceptors (Lipinski definition) is 1. The van der Waals surface area contributed by atoms with Crippen molar-refractivity contribution < 1.29 is 4.89 Å². The second kappa shape index (κ2) is 6.59. The van der Waals surface area contributed by atoms with Crippen LogP contribution >= 0.6 is 8.15 Å². The number of aryl methyl sites for hydroxylation is 1. The first-order valence-corrected chi connectivity index (χ1v) is 6.73. The van der Waals surface area contributed by atoms with Crippen LogP contribution in [0.25, 0.3) is 0 Å². The Morgan fingerprint density at radius 2 is 1.59 bits per heavy atom. The smallest absolute Gasteiger partial charge is 0.0877 e. The molecule has 2 aromatic carbocycles. The molecule has 2 aromatic rings. The van der Waals surface area contributed by atoms with Crippen LogP contribution < -0.4 is 10.6 Å². The third-order valence-corrected chi connectivity index (χ3v) is 4.12. The van der Waals surface area contributed by atoms with Crippen LogP contribution in [0.1, 0.15) is 12.5 Å². The van der Waals surface area contributed by atoms with E-state index in [1.54, 1.807) is 0 Å². The molecule has 0 aliphatic carbocycles. The first kappa shape index (κ1) is 14.0. The van der Waals surface area contributed by atoms with Crippen molar-refractivity contribution in [3.63, 3.8) is 0 Å². The molecule has 88 valence electrons. The summed E-state index contributed by atoms with van der Waals surface area (Å²) in [7, 11) is -1.19. The lowest BCUT2D eigenvalue weighted by Crippen LogP contribution is -2.11. The predicted octanol–water partition coefficient (Wildman–Crippen LogP) is 1.41. The Balaban J connectivity index is 0.00000144. The minimum absolute atomic E-state index is 0. The summed E-state index contributed by atoms with van der Waals surface area (Å²) in [6, 6.07) is 18.1. The van der Waals surface area contributed by atoms with E-state index in [0.717, 1.165) is 17.0 Å². The Kier molecular flexibility index (Phi) is 5.41. The lowest BCUT2D eigenvalue weighted by molar-refractivity contribution is 0.644. The Morgan fingerprint density at radius 3 is 2.24 bits per heavy atom. The Hall–Kier alpha value is -1.11. The lowest BCUT2D eigenvalue weighted by atomic mass is 10.2. The summed E-state index contributed by atoms with van der Waals surface area (Å²) in [6.07, 6.45) is 1.01. The minimum Gasteiger partial charge on any atom is -0.364 e. The maximum absolute atomic E-state index is 10.3. The summed E-state index contributed by atoms with van der Waals surface area (Å²) < 4.78 is 0. The molecule has 17 heavy (non-hydrogen) atoms. The molecule has 2 rings (SSSR count). The third kappa shape index (κ3) is 3.42. The second-order valence-corrected chi connectivity index (χ2v) is 5.33. The van der Waals surface area contributed by atoms with Crippen LogP contribution in [0.2, 0.25) is 0 Å². The average Bonchev–Trinajstić information content (AvgIpc) is 2.39. The molecule has 0 aliphatic rings. The summed E-state index contributed by atoms with van der Waals surface area (Å²) in [5, 5.41) is 2.03. The molecule has 0 heterocycles. The first-order chi connectivity index (χ1) is 7.81. The summed E-state index contributed by atoms with van der Waals surface area (Å²) >= 11 is 0. The summed E-state index contributed by atoms with van der Waals surface area (Å²) in [5.74, 6) is 0. The highest BCUT2D eigenvalue weighted by Crippen LogP contribution is 2.27. The van der Waals surface area contributed by atoms with Gasteiger partial charge in [0.15, 0.2) is 0 Å². The van der Waals surface area contributed by atoms with Crippen LogP contribution in [-0.4, -0.2) is 13.3 Å². The lowest BCUT2D eigenvalue weighted by Gasteiger charge is -2.11. The van der Waals surface area contributed by atoms with Gasteiger partial charge in [-0.3, -0.25) is 0 Å². The van der Waals surface area contributed by atoms with Crippen molar-refractivity contribution in [1.82, 2.24) is 0 Å². The summed E-state index contributed by atoms with van der Waals surface area (Å²) in [6.45, 7) is 2.13. The normalized spacial score (nSPS) is 11.6. The SMILES string of the molecule is B.CCc1cccc(P(O)c2ccccc2)c1. The molecule has 1 atom stereocenters. The molecule has 3 heteroatoms. The van der Waals surface area contributed by atoms with Crippen LogP contribution in [0.5, 0.6) is 0 Å². The van der Waals surface area contributed by atoms with Gasteiger partial charge < -0.3 is 4.89 Å². The predicted molar refractivity (Wildman–Crippen MR) is 80.6 cm³/mol. The molecule has 0 aliphatic heterocycles. The van der Waals surface area contributed by atoms with Gasteiger partial charge in [-0.2, -0.15) is 0 Å². The van der Waals surface area contributed by atoms with Gasteiger partial charge in [0.2, 0.25) is 0 Å². The van der Waals surface area contributed by atoms with E-state index in [0.29, 0.717) is 0 Å².